The smallest absolute Gasteiger partial charge is 0.354 e. The van der Waals surface area contributed by atoms with Gasteiger partial charge in [-0.15, -0.1) is 0 Å². The van der Waals surface area contributed by atoms with Crippen molar-refractivity contribution in [2.45, 2.75) is 26.3 Å². The minimum Gasteiger partial charge on any atom is -0.477 e. The first-order valence-corrected chi connectivity index (χ1v) is 7.28. The molecule has 1 atom stereocenters. The molecule has 0 aromatic carbocycles. The van der Waals surface area contributed by atoms with E-state index in [2.05, 4.69) is 17.2 Å². The van der Waals surface area contributed by atoms with Crippen molar-refractivity contribution < 1.29 is 14.7 Å². The molecular formula is C13H18N2O3S. The standard InChI is InChI=1S/C13H18N2O3S/c1-3-19-7-5-9(2)15-12(16)10-4-6-14-11(8-10)13(17)18/h4,6,8-9H,3,5,7H2,1-2H3,(H,15,16)(H,17,18). The summed E-state index contributed by atoms with van der Waals surface area (Å²) >= 11 is 1.83. The van der Waals surface area contributed by atoms with Crippen molar-refractivity contribution in [3.05, 3.63) is 29.6 Å². The molecule has 1 unspecified atom stereocenters. The number of hydrogen-bond acceptors (Lipinski definition) is 4. The molecular weight excluding hydrogens is 264 g/mol. The molecule has 0 aliphatic carbocycles. The number of carboxylic acid groups (broad SMARTS) is 1. The Kier molecular flexibility index (Phi) is 6.35. The highest BCUT2D eigenvalue weighted by Crippen LogP contribution is 2.06. The fourth-order valence-corrected chi connectivity index (χ4v) is 2.28. The summed E-state index contributed by atoms with van der Waals surface area (Å²) in [4.78, 5) is 26.4. The number of nitrogens with one attached hydrogen (secondary N) is 1. The maximum absolute atomic E-state index is 11.9. The quantitative estimate of drug-likeness (QED) is 0.748. The van der Waals surface area contributed by atoms with Gasteiger partial charge in [0.1, 0.15) is 5.69 Å². The van der Waals surface area contributed by atoms with E-state index in [9.17, 15) is 9.59 Å². The number of nitrogens with zero attached hydrogens (tertiary/aromatic N) is 1. The van der Waals surface area contributed by atoms with Crippen molar-refractivity contribution in [2.24, 2.45) is 0 Å². The number of pyridine rings is 1. The van der Waals surface area contributed by atoms with E-state index in [0.29, 0.717) is 5.56 Å². The number of aromatic carboxylic acids is 1. The predicted octanol–water partition coefficient (Wildman–Crippen LogP) is 2.04. The third kappa shape index (κ3) is 5.30. The van der Waals surface area contributed by atoms with Gasteiger partial charge >= 0.3 is 5.97 Å². The van der Waals surface area contributed by atoms with E-state index in [1.54, 1.807) is 0 Å². The Balaban J connectivity index is 2.57. The van der Waals surface area contributed by atoms with Crippen molar-refractivity contribution in [1.29, 1.82) is 0 Å². The highest BCUT2D eigenvalue weighted by Gasteiger charge is 2.12. The third-order valence-electron chi connectivity index (χ3n) is 2.52. The van der Waals surface area contributed by atoms with Gasteiger partial charge in [-0.2, -0.15) is 11.8 Å². The van der Waals surface area contributed by atoms with Gasteiger partial charge in [0.05, 0.1) is 0 Å². The Labute approximate surface area is 116 Å². The lowest BCUT2D eigenvalue weighted by atomic mass is 10.2. The fraction of sp³-hybridized carbons (Fsp3) is 0.462. The lowest BCUT2D eigenvalue weighted by molar-refractivity contribution is 0.0690. The normalized spacial score (nSPS) is 11.9. The number of thioether (sulfide) groups is 1. The zero-order valence-electron chi connectivity index (χ0n) is 11.0. The summed E-state index contributed by atoms with van der Waals surface area (Å²) in [5.41, 5.74) is 0.198. The van der Waals surface area contributed by atoms with Crippen LogP contribution in [0.3, 0.4) is 0 Å². The van der Waals surface area contributed by atoms with Crippen molar-refractivity contribution in [1.82, 2.24) is 10.3 Å². The summed E-state index contributed by atoms with van der Waals surface area (Å²) in [6.07, 6.45) is 2.22. The number of carboxylic acids is 1. The Morgan fingerprint density at radius 3 is 2.89 bits per heavy atom. The first kappa shape index (κ1) is 15.5. The molecule has 1 aromatic heterocycles. The molecule has 6 heteroatoms. The molecule has 0 bridgehead atoms. The molecule has 5 nitrogen and oxygen atoms in total. The number of hydrogen-bond donors (Lipinski definition) is 2. The molecule has 0 radical (unpaired) electrons. The molecule has 1 amide bonds. The van der Waals surface area contributed by atoms with Crippen LogP contribution in [0.25, 0.3) is 0 Å². The highest BCUT2D eigenvalue weighted by molar-refractivity contribution is 7.99. The van der Waals surface area contributed by atoms with E-state index in [4.69, 9.17) is 5.11 Å². The molecule has 0 saturated heterocycles. The van der Waals surface area contributed by atoms with Crippen LogP contribution in [-0.4, -0.2) is 39.5 Å². The van der Waals surface area contributed by atoms with Crippen LogP contribution in [0.15, 0.2) is 18.3 Å². The minimum absolute atomic E-state index is 0.0630. The molecule has 104 valence electrons. The Hall–Kier alpha value is -1.56. The third-order valence-corrected chi connectivity index (χ3v) is 3.45. The topological polar surface area (TPSA) is 79.3 Å². The SMILES string of the molecule is CCSCCC(C)NC(=O)c1ccnc(C(=O)O)c1. The lowest BCUT2D eigenvalue weighted by Gasteiger charge is -2.13. The predicted molar refractivity (Wildman–Crippen MR) is 75.7 cm³/mol. The summed E-state index contributed by atoms with van der Waals surface area (Å²) in [7, 11) is 0. The Bertz CT molecular complexity index is 451. The van der Waals surface area contributed by atoms with Crippen LogP contribution >= 0.6 is 11.8 Å². The summed E-state index contributed by atoms with van der Waals surface area (Å²) in [5.74, 6) is 0.655. The number of rotatable bonds is 7. The van der Waals surface area contributed by atoms with E-state index in [1.807, 2.05) is 18.7 Å². The fourth-order valence-electron chi connectivity index (χ4n) is 1.47. The Morgan fingerprint density at radius 1 is 1.53 bits per heavy atom. The monoisotopic (exact) mass is 282 g/mol. The van der Waals surface area contributed by atoms with Gasteiger partial charge in [-0.05, 0) is 37.0 Å². The maximum atomic E-state index is 11.9. The lowest BCUT2D eigenvalue weighted by Crippen LogP contribution is -2.33. The molecule has 1 aromatic rings. The summed E-state index contributed by atoms with van der Waals surface area (Å²) in [5, 5.41) is 11.7. The molecule has 0 fully saturated rings. The van der Waals surface area contributed by atoms with Crippen molar-refractivity contribution >= 4 is 23.6 Å². The zero-order valence-corrected chi connectivity index (χ0v) is 11.9. The number of carbonyl (C=O) groups excluding carboxylic acids is 1. The average Bonchev–Trinajstić information content (AvgIpc) is 2.39. The first-order chi connectivity index (χ1) is 9.04. The van der Waals surface area contributed by atoms with Gasteiger partial charge in [-0.1, -0.05) is 6.92 Å². The van der Waals surface area contributed by atoms with Gasteiger partial charge in [-0.25, -0.2) is 9.78 Å². The molecule has 19 heavy (non-hydrogen) atoms. The van der Waals surface area contributed by atoms with E-state index in [0.717, 1.165) is 17.9 Å². The summed E-state index contributed by atoms with van der Waals surface area (Å²) in [6, 6.07) is 2.86. The Morgan fingerprint density at radius 2 is 2.26 bits per heavy atom. The molecule has 0 aliphatic heterocycles. The van der Waals surface area contributed by atoms with Crippen molar-refractivity contribution in [2.75, 3.05) is 11.5 Å². The highest BCUT2D eigenvalue weighted by atomic mass is 32.2. The van der Waals surface area contributed by atoms with Crippen LogP contribution in [-0.2, 0) is 0 Å². The summed E-state index contributed by atoms with van der Waals surface area (Å²) in [6.45, 7) is 4.03. The second-order valence-electron chi connectivity index (χ2n) is 4.10. The van der Waals surface area contributed by atoms with Crippen LogP contribution < -0.4 is 5.32 Å². The molecule has 1 rings (SSSR count). The van der Waals surface area contributed by atoms with Gasteiger partial charge in [0.25, 0.3) is 5.91 Å². The molecule has 2 N–H and O–H groups in total. The van der Waals surface area contributed by atoms with Crippen molar-refractivity contribution in [3.8, 4) is 0 Å². The number of carbonyl (C=O) groups is 2. The minimum atomic E-state index is -1.14. The van der Waals surface area contributed by atoms with Crippen molar-refractivity contribution in [3.63, 3.8) is 0 Å². The van der Waals surface area contributed by atoms with E-state index >= 15 is 0 Å². The number of aromatic nitrogens is 1. The van der Waals surface area contributed by atoms with Gasteiger partial charge in [0.15, 0.2) is 0 Å². The second kappa shape index (κ2) is 7.78. The van der Waals surface area contributed by atoms with Crippen LogP contribution in [0.2, 0.25) is 0 Å². The first-order valence-electron chi connectivity index (χ1n) is 6.12. The van der Waals surface area contributed by atoms with E-state index in [-0.39, 0.29) is 17.6 Å². The van der Waals surface area contributed by atoms with Crippen LogP contribution in [0.1, 0.15) is 41.1 Å². The largest absolute Gasteiger partial charge is 0.477 e. The molecule has 1 heterocycles. The van der Waals surface area contributed by atoms with E-state index < -0.39 is 5.97 Å². The average molecular weight is 282 g/mol. The van der Waals surface area contributed by atoms with E-state index in [1.165, 1.54) is 18.3 Å². The number of amides is 1. The maximum Gasteiger partial charge on any atom is 0.354 e. The van der Waals surface area contributed by atoms with Crippen LogP contribution in [0.5, 0.6) is 0 Å². The van der Waals surface area contributed by atoms with Gasteiger partial charge < -0.3 is 10.4 Å². The molecule has 0 aliphatic rings. The summed E-state index contributed by atoms with van der Waals surface area (Å²) < 4.78 is 0. The van der Waals surface area contributed by atoms with Crippen LogP contribution in [0, 0.1) is 0 Å². The van der Waals surface area contributed by atoms with Crippen LogP contribution in [0.4, 0.5) is 0 Å². The van der Waals surface area contributed by atoms with Gasteiger partial charge in [-0.3, -0.25) is 4.79 Å². The zero-order chi connectivity index (χ0) is 14.3. The second-order valence-corrected chi connectivity index (χ2v) is 5.49. The van der Waals surface area contributed by atoms with Gasteiger partial charge in [0.2, 0.25) is 0 Å². The van der Waals surface area contributed by atoms with Gasteiger partial charge in [0, 0.05) is 17.8 Å². The molecule has 0 saturated carbocycles. The molecule has 0 spiro atoms.